The molecule has 0 radical (unpaired) electrons. The van der Waals surface area contributed by atoms with Crippen molar-refractivity contribution in [3.05, 3.63) is 30.3 Å². The fraction of sp³-hybridized carbons (Fsp3) is 0.643. The van der Waals surface area contributed by atoms with E-state index in [0.29, 0.717) is 6.04 Å². The summed E-state index contributed by atoms with van der Waals surface area (Å²) in [4.78, 5) is 8.66. The molecule has 1 aromatic heterocycles. The average molecular weight is 287 g/mol. The smallest absolute Gasteiger partial charge is 0.212 e. The lowest BCUT2D eigenvalue weighted by atomic mass is 10.3. The lowest BCUT2D eigenvalue weighted by Crippen LogP contribution is -2.31. The van der Waals surface area contributed by atoms with Gasteiger partial charge in [-0.3, -0.25) is 4.84 Å². The van der Waals surface area contributed by atoms with Crippen molar-refractivity contribution < 1.29 is 14.0 Å². The Balaban J connectivity index is 0.000000345. The second kappa shape index (κ2) is 12.9. The van der Waals surface area contributed by atoms with Crippen molar-refractivity contribution in [3.63, 3.8) is 0 Å². The summed E-state index contributed by atoms with van der Waals surface area (Å²) in [6, 6.07) is 5.05. The Labute approximate surface area is 121 Å². The normalized spacial score (nSPS) is 17.8. The van der Waals surface area contributed by atoms with Crippen molar-refractivity contribution >= 4 is 0 Å². The number of rotatable bonds is 4. The largest absolute Gasteiger partial charge is 0.383 e. The van der Waals surface area contributed by atoms with E-state index in [0.717, 1.165) is 26.3 Å². The number of methoxy groups -OCH3 is 1. The highest BCUT2D eigenvalue weighted by molar-refractivity contribution is 4.90. The molecule has 0 spiro atoms. The summed E-state index contributed by atoms with van der Waals surface area (Å²) in [5, 5.41) is 5.10. The summed E-state index contributed by atoms with van der Waals surface area (Å²) < 4.78 is 16.7. The van der Waals surface area contributed by atoms with Gasteiger partial charge in [-0.15, -0.1) is 0 Å². The number of nitrogens with zero attached hydrogens (tertiary/aromatic N) is 2. The van der Waals surface area contributed by atoms with Crippen LogP contribution < -0.4 is 5.32 Å². The van der Waals surface area contributed by atoms with Crippen molar-refractivity contribution in [1.29, 1.82) is 0 Å². The van der Waals surface area contributed by atoms with Crippen LogP contribution in [0.3, 0.4) is 0 Å². The van der Waals surface area contributed by atoms with Gasteiger partial charge in [0.2, 0.25) is 5.95 Å². The molecule has 1 N–H and O–H groups in total. The highest BCUT2D eigenvalue weighted by Gasteiger charge is 2.20. The highest BCUT2D eigenvalue weighted by Crippen LogP contribution is 2.03. The number of nitrogens with one attached hydrogen (secondary N) is 1. The minimum absolute atomic E-state index is 0.428. The van der Waals surface area contributed by atoms with Crippen LogP contribution in [0.25, 0.3) is 0 Å². The molecule has 0 aliphatic carbocycles. The van der Waals surface area contributed by atoms with E-state index in [-0.39, 0.29) is 0 Å². The third kappa shape index (κ3) is 8.92. The van der Waals surface area contributed by atoms with Crippen LogP contribution in [0.5, 0.6) is 0 Å². The number of hydrogen-bond acceptors (Lipinski definition) is 5. The van der Waals surface area contributed by atoms with Gasteiger partial charge in [0, 0.05) is 32.4 Å². The highest BCUT2D eigenvalue weighted by atomic mass is 19.1. The van der Waals surface area contributed by atoms with Gasteiger partial charge in [0.1, 0.15) is 0 Å². The molecule has 0 bridgehead atoms. The van der Waals surface area contributed by atoms with Crippen LogP contribution in [0.1, 0.15) is 13.8 Å². The summed E-state index contributed by atoms with van der Waals surface area (Å²) in [5.41, 5.74) is 0. The van der Waals surface area contributed by atoms with Crippen molar-refractivity contribution in [3.8, 4) is 0 Å². The van der Waals surface area contributed by atoms with Crippen molar-refractivity contribution in [2.75, 3.05) is 40.5 Å². The Bertz CT molecular complexity index is 315. The zero-order valence-electron chi connectivity index (χ0n) is 12.8. The number of halogens is 1. The van der Waals surface area contributed by atoms with Gasteiger partial charge in [0.15, 0.2) is 0 Å². The van der Waals surface area contributed by atoms with Gasteiger partial charge in [-0.1, -0.05) is 19.9 Å². The molecule has 5 nitrogen and oxygen atoms in total. The van der Waals surface area contributed by atoms with Crippen molar-refractivity contribution in [2.24, 2.45) is 0 Å². The molecule has 1 aromatic rings. The molecule has 2 heterocycles. The van der Waals surface area contributed by atoms with E-state index < -0.39 is 5.95 Å². The molecular formula is C14H26FN3O2. The Morgan fingerprint density at radius 2 is 2.25 bits per heavy atom. The van der Waals surface area contributed by atoms with Gasteiger partial charge >= 0.3 is 0 Å². The minimum atomic E-state index is -0.428. The molecule has 0 aromatic carbocycles. The lowest BCUT2D eigenvalue weighted by Gasteiger charge is -2.12. The quantitative estimate of drug-likeness (QED) is 0.854. The summed E-state index contributed by atoms with van der Waals surface area (Å²) in [5.74, 6) is -0.428. The Morgan fingerprint density at radius 3 is 2.65 bits per heavy atom. The van der Waals surface area contributed by atoms with Crippen LogP contribution in [-0.2, 0) is 9.57 Å². The number of ether oxygens (including phenoxy) is 1. The number of hydroxylamine groups is 2. The third-order valence-electron chi connectivity index (χ3n) is 2.46. The first-order valence-corrected chi connectivity index (χ1v) is 6.87. The van der Waals surface area contributed by atoms with Crippen LogP contribution >= 0.6 is 0 Å². The van der Waals surface area contributed by atoms with Crippen LogP contribution in [0.4, 0.5) is 4.39 Å². The fourth-order valence-corrected chi connectivity index (χ4v) is 1.41. The van der Waals surface area contributed by atoms with E-state index in [4.69, 9.17) is 9.57 Å². The Kier molecular flexibility index (Phi) is 12.2. The van der Waals surface area contributed by atoms with Gasteiger partial charge in [-0.2, -0.15) is 9.45 Å². The first kappa shape index (κ1) is 18.9. The second-order valence-electron chi connectivity index (χ2n) is 3.81. The fourth-order valence-electron chi connectivity index (χ4n) is 1.41. The lowest BCUT2D eigenvalue weighted by molar-refractivity contribution is -0.118. The maximum Gasteiger partial charge on any atom is 0.212 e. The Hall–Kier alpha value is -1.08. The molecule has 1 saturated heterocycles. The average Bonchev–Trinajstić information content (AvgIpc) is 2.97. The second-order valence-corrected chi connectivity index (χ2v) is 3.81. The number of aromatic nitrogens is 1. The van der Waals surface area contributed by atoms with Gasteiger partial charge in [0.05, 0.1) is 13.2 Å². The molecule has 116 valence electrons. The molecule has 6 heteroatoms. The molecule has 20 heavy (non-hydrogen) atoms. The van der Waals surface area contributed by atoms with Crippen LogP contribution in [0, 0.1) is 5.95 Å². The van der Waals surface area contributed by atoms with E-state index in [1.54, 1.807) is 19.2 Å². The molecule has 1 unspecified atom stereocenters. The van der Waals surface area contributed by atoms with Gasteiger partial charge in [0.25, 0.3) is 0 Å². The minimum Gasteiger partial charge on any atom is -0.383 e. The molecule has 1 aliphatic rings. The number of likely N-dealkylation sites (N-methyl/N-ethyl adjacent to an activating group) is 1. The summed E-state index contributed by atoms with van der Waals surface area (Å²) in [6.45, 7) is 7.32. The maximum atomic E-state index is 11.8. The summed E-state index contributed by atoms with van der Waals surface area (Å²) >= 11 is 0. The molecule has 1 aliphatic heterocycles. The van der Waals surface area contributed by atoms with Gasteiger partial charge in [-0.25, -0.2) is 4.98 Å². The zero-order valence-corrected chi connectivity index (χ0v) is 12.8. The SMILES string of the molecule is CC.CNC1CON(CCOC)C1.Fc1ccccn1. The molecule has 0 amide bonds. The first-order valence-electron chi connectivity index (χ1n) is 6.87. The van der Waals surface area contributed by atoms with E-state index in [2.05, 4.69) is 10.3 Å². The first-order chi connectivity index (χ1) is 9.76. The predicted molar refractivity (Wildman–Crippen MR) is 77.8 cm³/mol. The van der Waals surface area contributed by atoms with E-state index >= 15 is 0 Å². The van der Waals surface area contributed by atoms with Crippen LogP contribution in [-0.4, -0.2) is 56.5 Å². The number of pyridine rings is 1. The van der Waals surface area contributed by atoms with E-state index in [1.165, 1.54) is 12.3 Å². The topological polar surface area (TPSA) is 46.6 Å². The summed E-state index contributed by atoms with van der Waals surface area (Å²) in [6.07, 6.45) is 1.41. The molecule has 1 fully saturated rings. The molecular weight excluding hydrogens is 261 g/mol. The van der Waals surface area contributed by atoms with E-state index in [9.17, 15) is 4.39 Å². The Morgan fingerprint density at radius 1 is 1.50 bits per heavy atom. The monoisotopic (exact) mass is 287 g/mol. The molecule has 0 saturated carbocycles. The predicted octanol–water partition coefficient (Wildman–Crippen LogP) is 1.71. The van der Waals surface area contributed by atoms with Crippen LogP contribution in [0.2, 0.25) is 0 Å². The number of hydrogen-bond donors (Lipinski definition) is 1. The van der Waals surface area contributed by atoms with Crippen molar-refractivity contribution in [2.45, 2.75) is 19.9 Å². The zero-order chi connectivity index (χ0) is 15.2. The molecule has 1 atom stereocenters. The van der Waals surface area contributed by atoms with Crippen molar-refractivity contribution in [1.82, 2.24) is 15.4 Å². The third-order valence-corrected chi connectivity index (χ3v) is 2.46. The van der Waals surface area contributed by atoms with E-state index in [1.807, 2.05) is 26.0 Å². The maximum absolute atomic E-state index is 11.8. The molecule has 2 rings (SSSR count). The van der Waals surface area contributed by atoms with Gasteiger partial charge < -0.3 is 10.1 Å². The van der Waals surface area contributed by atoms with Crippen LogP contribution in [0.15, 0.2) is 24.4 Å². The van der Waals surface area contributed by atoms with Gasteiger partial charge in [-0.05, 0) is 19.2 Å². The summed E-state index contributed by atoms with van der Waals surface area (Å²) in [7, 11) is 3.65. The standard InChI is InChI=1S/C7H16N2O2.C5H4FN.C2H6/c1-8-7-5-9(11-6-7)3-4-10-2;6-5-3-1-2-4-7-5;1-2/h7-8H,3-6H2,1-2H3;1-4H;1-2H3.